The van der Waals surface area contributed by atoms with E-state index in [0.717, 1.165) is 19.5 Å². The first-order valence-electron chi connectivity index (χ1n) is 4.47. The van der Waals surface area contributed by atoms with Crippen molar-refractivity contribution in [1.82, 2.24) is 20.1 Å². The number of nitrogens with one attached hydrogen (secondary N) is 1. The standard InChI is InChI=1S/C8H14N4O/c1-8(13)2-3-9-4-7(8)12-6-10-5-11-12/h5-7,9,13H,2-4H2,1H3. The minimum Gasteiger partial charge on any atom is -0.388 e. The van der Waals surface area contributed by atoms with Gasteiger partial charge < -0.3 is 10.4 Å². The molecule has 2 atom stereocenters. The maximum atomic E-state index is 10.1. The van der Waals surface area contributed by atoms with Crippen LogP contribution in [0.4, 0.5) is 0 Å². The van der Waals surface area contributed by atoms with E-state index in [1.165, 1.54) is 6.33 Å². The van der Waals surface area contributed by atoms with Crippen molar-refractivity contribution < 1.29 is 5.11 Å². The number of aliphatic hydroxyl groups is 1. The van der Waals surface area contributed by atoms with Gasteiger partial charge in [-0.15, -0.1) is 0 Å². The Labute approximate surface area is 76.8 Å². The van der Waals surface area contributed by atoms with Gasteiger partial charge in [-0.25, -0.2) is 9.67 Å². The molecule has 1 fully saturated rings. The van der Waals surface area contributed by atoms with Crippen LogP contribution in [-0.4, -0.2) is 38.6 Å². The Kier molecular flexibility index (Phi) is 2.05. The minimum atomic E-state index is -0.682. The molecule has 5 heteroatoms. The molecular weight excluding hydrogens is 168 g/mol. The van der Waals surface area contributed by atoms with E-state index in [-0.39, 0.29) is 6.04 Å². The Morgan fingerprint density at radius 3 is 3.15 bits per heavy atom. The fourth-order valence-electron chi connectivity index (χ4n) is 1.72. The predicted octanol–water partition coefficient (Wildman–Crippen LogP) is -0.437. The summed E-state index contributed by atoms with van der Waals surface area (Å²) in [5.74, 6) is 0. The van der Waals surface area contributed by atoms with Crippen LogP contribution in [0.1, 0.15) is 19.4 Å². The second kappa shape index (κ2) is 3.08. The summed E-state index contributed by atoms with van der Waals surface area (Å²) in [6, 6.07) is -0.0104. The van der Waals surface area contributed by atoms with Gasteiger partial charge in [0, 0.05) is 6.54 Å². The maximum absolute atomic E-state index is 10.1. The summed E-state index contributed by atoms with van der Waals surface area (Å²) >= 11 is 0. The molecule has 1 aromatic rings. The molecule has 2 N–H and O–H groups in total. The van der Waals surface area contributed by atoms with Crippen molar-refractivity contribution in [3.05, 3.63) is 12.7 Å². The van der Waals surface area contributed by atoms with E-state index in [0.29, 0.717) is 0 Å². The average molecular weight is 182 g/mol. The van der Waals surface area contributed by atoms with E-state index in [4.69, 9.17) is 0 Å². The summed E-state index contributed by atoms with van der Waals surface area (Å²) in [4.78, 5) is 3.88. The van der Waals surface area contributed by atoms with Gasteiger partial charge in [0.15, 0.2) is 0 Å². The van der Waals surface area contributed by atoms with Gasteiger partial charge >= 0.3 is 0 Å². The molecule has 0 amide bonds. The Balaban J connectivity index is 2.21. The van der Waals surface area contributed by atoms with Gasteiger partial charge in [0.25, 0.3) is 0 Å². The second-order valence-electron chi connectivity index (χ2n) is 3.70. The molecule has 1 aliphatic heterocycles. The van der Waals surface area contributed by atoms with Crippen LogP contribution in [0.15, 0.2) is 12.7 Å². The summed E-state index contributed by atoms with van der Waals surface area (Å²) < 4.78 is 1.71. The first-order chi connectivity index (χ1) is 6.20. The lowest BCUT2D eigenvalue weighted by Crippen LogP contribution is -2.49. The van der Waals surface area contributed by atoms with Crippen LogP contribution in [-0.2, 0) is 0 Å². The third-order valence-corrected chi connectivity index (χ3v) is 2.62. The first-order valence-corrected chi connectivity index (χ1v) is 4.47. The number of rotatable bonds is 1. The van der Waals surface area contributed by atoms with E-state index in [1.54, 1.807) is 11.0 Å². The van der Waals surface area contributed by atoms with Gasteiger partial charge in [0.05, 0.1) is 11.6 Å². The van der Waals surface area contributed by atoms with E-state index in [9.17, 15) is 5.11 Å². The van der Waals surface area contributed by atoms with Crippen molar-refractivity contribution in [2.75, 3.05) is 13.1 Å². The SMILES string of the molecule is CC1(O)CCNCC1n1cncn1. The highest BCUT2D eigenvalue weighted by Crippen LogP contribution is 2.26. The average Bonchev–Trinajstić information content (AvgIpc) is 2.55. The van der Waals surface area contributed by atoms with Crippen LogP contribution < -0.4 is 5.32 Å². The lowest BCUT2D eigenvalue weighted by atomic mass is 9.90. The summed E-state index contributed by atoms with van der Waals surface area (Å²) in [5.41, 5.74) is -0.682. The zero-order valence-corrected chi connectivity index (χ0v) is 7.64. The van der Waals surface area contributed by atoms with E-state index in [2.05, 4.69) is 15.4 Å². The van der Waals surface area contributed by atoms with E-state index in [1.807, 2.05) is 6.92 Å². The zero-order chi connectivity index (χ0) is 9.31. The molecule has 2 heterocycles. The summed E-state index contributed by atoms with van der Waals surface area (Å²) in [7, 11) is 0. The van der Waals surface area contributed by atoms with Gasteiger partial charge in [0.1, 0.15) is 12.7 Å². The highest BCUT2D eigenvalue weighted by molar-refractivity contribution is 4.91. The molecule has 13 heavy (non-hydrogen) atoms. The minimum absolute atomic E-state index is 0.0104. The van der Waals surface area contributed by atoms with Crippen LogP contribution >= 0.6 is 0 Å². The van der Waals surface area contributed by atoms with Crippen LogP contribution in [0.2, 0.25) is 0 Å². The first kappa shape index (κ1) is 8.65. The normalized spacial score (nSPS) is 34.8. The molecule has 0 bridgehead atoms. The number of hydrogen-bond acceptors (Lipinski definition) is 4. The van der Waals surface area contributed by atoms with Gasteiger partial charge in [-0.05, 0) is 19.9 Å². The lowest BCUT2D eigenvalue weighted by Gasteiger charge is -2.37. The molecule has 1 saturated heterocycles. The number of nitrogens with zero attached hydrogens (tertiary/aromatic N) is 3. The van der Waals surface area contributed by atoms with E-state index < -0.39 is 5.60 Å². The molecule has 0 radical (unpaired) electrons. The molecule has 1 aromatic heterocycles. The molecule has 0 saturated carbocycles. The quantitative estimate of drug-likeness (QED) is 0.618. The van der Waals surface area contributed by atoms with Gasteiger partial charge in [-0.1, -0.05) is 0 Å². The molecular formula is C8H14N4O. The van der Waals surface area contributed by atoms with Crippen LogP contribution in [0.5, 0.6) is 0 Å². The molecule has 1 aliphatic rings. The fraction of sp³-hybridized carbons (Fsp3) is 0.750. The molecule has 2 unspecified atom stereocenters. The zero-order valence-electron chi connectivity index (χ0n) is 7.64. The van der Waals surface area contributed by atoms with Gasteiger partial charge in [-0.2, -0.15) is 5.10 Å². The second-order valence-corrected chi connectivity index (χ2v) is 3.70. The topological polar surface area (TPSA) is 63.0 Å². The summed E-state index contributed by atoms with van der Waals surface area (Å²) in [6.45, 7) is 3.45. The molecule has 0 spiro atoms. The Morgan fingerprint density at radius 1 is 1.69 bits per heavy atom. The largest absolute Gasteiger partial charge is 0.388 e. The van der Waals surface area contributed by atoms with Gasteiger partial charge in [-0.3, -0.25) is 0 Å². The fourth-order valence-corrected chi connectivity index (χ4v) is 1.72. The number of piperidine rings is 1. The molecule has 2 rings (SSSR count). The van der Waals surface area contributed by atoms with Crippen molar-refractivity contribution in [1.29, 1.82) is 0 Å². The number of hydrogen-bond donors (Lipinski definition) is 2. The third-order valence-electron chi connectivity index (χ3n) is 2.62. The maximum Gasteiger partial charge on any atom is 0.137 e. The molecule has 0 aromatic carbocycles. The Bertz CT molecular complexity index is 270. The summed E-state index contributed by atoms with van der Waals surface area (Å²) in [5, 5.41) is 17.3. The van der Waals surface area contributed by atoms with Crippen molar-refractivity contribution in [2.45, 2.75) is 25.0 Å². The van der Waals surface area contributed by atoms with Crippen molar-refractivity contribution in [3.63, 3.8) is 0 Å². The van der Waals surface area contributed by atoms with Crippen molar-refractivity contribution in [3.8, 4) is 0 Å². The molecule has 0 aliphatic carbocycles. The Hall–Kier alpha value is -0.940. The van der Waals surface area contributed by atoms with Crippen LogP contribution in [0, 0.1) is 0 Å². The molecule has 5 nitrogen and oxygen atoms in total. The van der Waals surface area contributed by atoms with Crippen LogP contribution in [0.3, 0.4) is 0 Å². The third kappa shape index (κ3) is 1.57. The van der Waals surface area contributed by atoms with Crippen molar-refractivity contribution >= 4 is 0 Å². The highest BCUT2D eigenvalue weighted by Gasteiger charge is 2.36. The predicted molar refractivity (Wildman–Crippen MR) is 47.2 cm³/mol. The number of aromatic nitrogens is 3. The summed E-state index contributed by atoms with van der Waals surface area (Å²) in [6.07, 6.45) is 3.88. The Morgan fingerprint density at radius 2 is 2.54 bits per heavy atom. The van der Waals surface area contributed by atoms with Crippen molar-refractivity contribution in [2.24, 2.45) is 0 Å². The monoisotopic (exact) mass is 182 g/mol. The smallest absolute Gasteiger partial charge is 0.137 e. The lowest BCUT2D eigenvalue weighted by molar-refractivity contribution is -0.0216. The van der Waals surface area contributed by atoms with E-state index >= 15 is 0 Å². The van der Waals surface area contributed by atoms with Gasteiger partial charge in [0.2, 0.25) is 0 Å². The molecule has 72 valence electrons. The highest BCUT2D eigenvalue weighted by atomic mass is 16.3. The van der Waals surface area contributed by atoms with Crippen LogP contribution in [0.25, 0.3) is 0 Å².